The van der Waals surface area contributed by atoms with Crippen LogP contribution in [0.2, 0.25) is 5.02 Å². The number of halogens is 1. The van der Waals surface area contributed by atoms with Gasteiger partial charge in [-0.1, -0.05) is 23.7 Å². The number of carbonyl (C=O) groups is 1. The fourth-order valence-corrected chi connectivity index (χ4v) is 5.46. The maximum atomic E-state index is 12.3. The summed E-state index contributed by atoms with van der Waals surface area (Å²) in [6.45, 7) is 7.32. The first-order valence-electron chi connectivity index (χ1n) is 11.8. The number of likely N-dealkylation sites (tertiary alicyclic amines) is 1. The zero-order valence-corrected chi connectivity index (χ0v) is 21.3. The molecule has 1 aliphatic heterocycles. The molecule has 0 unspecified atom stereocenters. The second-order valence-electron chi connectivity index (χ2n) is 10.7. The molecule has 5 rings (SSSR count). The van der Waals surface area contributed by atoms with Crippen LogP contribution in [0, 0.1) is 5.41 Å². The van der Waals surface area contributed by atoms with Crippen molar-refractivity contribution in [2.24, 2.45) is 5.41 Å². The molecule has 1 saturated carbocycles. The Balaban J connectivity index is 1.29. The molecule has 8 heteroatoms. The summed E-state index contributed by atoms with van der Waals surface area (Å²) in [5.74, 6) is 1.05. The van der Waals surface area contributed by atoms with Gasteiger partial charge in [-0.2, -0.15) is 0 Å². The number of para-hydroxylation sites is 1. The number of carbonyl (C=O) groups excluding carboxylic acids is 1. The molecular weight excluding hydrogens is 466 g/mol. The number of aromatic nitrogens is 2. The Morgan fingerprint density at radius 3 is 2.60 bits per heavy atom. The summed E-state index contributed by atoms with van der Waals surface area (Å²) >= 11 is 6.74. The molecule has 0 radical (unpaired) electrons. The summed E-state index contributed by atoms with van der Waals surface area (Å²) in [5, 5.41) is 10.6. The van der Waals surface area contributed by atoms with Crippen LogP contribution in [0.1, 0.15) is 45.1 Å². The highest BCUT2D eigenvalue weighted by Crippen LogP contribution is 2.57. The van der Waals surface area contributed by atoms with E-state index in [9.17, 15) is 4.79 Å². The van der Waals surface area contributed by atoms with Crippen LogP contribution in [-0.2, 0) is 9.47 Å². The highest BCUT2D eigenvalue weighted by molar-refractivity contribution is 6.32. The Kier molecular flexibility index (Phi) is 6.09. The molecule has 0 atom stereocenters. The van der Waals surface area contributed by atoms with E-state index in [4.69, 9.17) is 25.8 Å². The minimum Gasteiger partial charge on any atom is -0.467 e. The topological polar surface area (TPSA) is 73.8 Å². The van der Waals surface area contributed by atoms with Crippen LogP contribution >= 0.6 is 11.6 Å². The Morgan fingerprint density at radius 2 is 1.89 bits per heavy atom. The molecule has 0 bridgehead atoms. The summed E-state index contributed by atoms with van der Waals surface area (Å²) < 4.78 is 16.2. The second kappa shape index (κ2) is 8.95. The fraction of sp³-hybridized carbons (Fsp3) is 0.444. The number of ether oxygens (including phenoxy) is 3. The fourth-order valence-electron chi connectivity index (χ4n) is 5.13. The second-order valence-corrected chi connectivity index (χ2v) is 11.1. The van der Waals surface area contributed by atoms with E-state index in [1.807, 2.05) is 57.2 Å². The first-order valence-corrected chi connectivity index (χ1v) is 12.2. The number of methoxy groups -OCH3 is 1. The van der Waals surface area contributed by atoms with Gasteiger partial charge in [-0.3, -0.25) is 0 Å². The monoisotopic (exact) mass is 495 g/mol. The predicted octanol–water partition coefficient (Wildman–Crippen LogP) is 6.05. The average Bonchev–Trinajstić information content (AvgIpc) is 2.74. The van der Waals surface area contributed by atoms with Gasteiger partial charge in [0.25, 0.3) is 0 Å². The SMILES string of the molecule is COCOc1ccccc1-c1cc2cc(Cl)c(C3CC4(C3)CN(C(=O)OC(C)(C)C)C4)cc2nn1. The molecular formula is C27H30ClN3O4. The van der Waals surface area contributed by atoms with Crippen molar-refractivity contribution in [3.8, 4) is 17.0 Å². The third-order valence-electron chi connectivity index (χ3n) is 6.70. The quantitative estimate of drug-likeness (QED) is 0.401. The van der Waals surface area contributed by atoms with Crippen molar-refractivity contribution in [2.45, 2.75) is 45.1 Å². The van der Waals surface area contributed by atoms with Crippen LogP contribution in [0.3, 0.4) is 0 Å². The van der Waals surface area contributed by atoms with Gasteiger partial charge < -0.3 is 19.1 Å². The molecule has 2 aliphatic rings. The van der Waals surface area contributed by atoms with E-state index >= 15 is 0 Å². The molecule has 184 valence electrons. The van der Waals surface area contributed by atoms with Crippen molar-refractivity contribution >= 4 is 28.6 Å². The van der Waals surface area contributed by atoms with Gasteiger partial charge in [-0.25, -0.2) is 4.79 Å². The molecule has 1 aromatic heterocycles. The van der Waals surface area contributed by atoms with E-state index < -0.39 is 5.60 Å². The molecule has 1 spiro atoms. The van der Waals surface area contributed by atoms with Crippen molar-refractivity contribution in [2.75, 3.05) is 27.0 Å². The lowest BCUT2D eigenvalue weighted by Gasteiger charge is -2.59. The van der Waals surface area contributed by atoms with Gasteiger partial charge >= 0.3 is 6.09 Å². The number of benzene rings is 2. The van der Waals surface area contributed by atoms with E-state index in [1.54, 1.807) is 12.0 Å². The predicted molar refractivity (Wildman–Crippen MR) is 135 cm³/mol. The van der Waals surface area contributed by atoms with Crippen LogP contribution in [0.25, 0.3) is 22.2 Å². The Hall–Kier alpha value is -2.90. The van der Waals surface area contributed by atoms with E-state index in [1.165, 1.54) is 0 Å². The molecule has 1 saturated heterocycles. The highest BCUT2D eigenvalue weighted by Gasteiger charge is 2.54. The van der Waals surface area contributed by atoms with E-state index in [2.05, 4.69) is 16.3 Å². The number of rotatable bonds is 5. The number of fused-ring (bicyclic) bond motifs is 1. The molecule has 7 nitrogen and oxygen atoms in total. The third kappa shape index (κ3) is 4.80. The smallest absolute Gasteiger partial charge is 0.410 e. The molecule has 0 N–H and O–H groups in total. The Morgan fingerprint density at radius 1 is 1.14 bits per heavy atom. The number of nitrogens with zero attached hydrogens (tertiary/aromatic N) is 3. The maximum absolute atomic E-state index is 12.3. The van der Waals surface area contributed by atoms with Gasteiger partial charge in [0.1, 0.15) is 11.4 Å². The number of amides is 1. The van der Waals surface area contributed by atoms with Crippen molar-refractivity contribution in [3.63, 3.8) is 0 Å². The summed E-state index contributed by atoms with van der Waals surface area (Å²) in [4.78, 5) is 14.1. The zero-order chi connectivity index (χ0) is 24.8. The lowest BCUT2D eigenvalue weighted by Crippen LogP contribution is -2.63. The number of hydrogen-bond donors (Lipinski definition) is 0. The summed E-state index contributed by atoms with van der Waals surface area (Å²) in [5.41, 5.74) is 3.19. The molecule has 2 fully saturated rings. The van der Waals surface area contributed by atoms with E-state index in [0.717, 1.165) is 53.0 Å². The number of hydrogen-bond acceptors (Lipinski definition) is 6. The lowest BCUT2D eigenvalue weighted by atomic mass is 9.56. The van der Waals surface area contributed by atoms with Crippen LogP contribution < -0.4 is 4.74 Å². The van der Waals surface area contributed by atoms with Gasteiger partial charge in [0.2, 0.25) is 0 Å². The zero-order valence-electron chi connectivity index (χ0n) is 20.5. The standard InChI is InChI=1S/C27H30ClN3O4/c1-26(2,3)35-25(32)31-14-27(15-31)12-18(13-27)20-11-22-17(9-21(20)28)10-23(30-29-22)19-7-5-6-8-24(19)34-16-33-4/h5-11,18H,12-16H2,1-4H3. The molecule has 1 amide bonds. The van der Waals surface area contributed by atoms with Crippen molar-refractivity contribution in [3.05, 3.63) is 53.1 Å². The van der Waals surface area contributed by atoms with Crippen LogP contribution in [0.4, 0.5) is 4.79 Å². The van der Waals surface area contributed by atoms with Gasteiger partial charge in [-0.05, 0) is 75.4 Å². The van der Waals surface area contributed by atoms with Gasteiger partial charge in [0.05, 0.1) is 11.2 Å². The first kappa shape index (κ1) is 23.8. The highest BCUT2D eigenvalue weighted by atomic mass is 35.5. The molecule has 1 aliphatic carbocycles. The van der Waals surface area contributed by atoms with Gasteiger partial charge in [0.15, 0.2) is 6.79 Å². The minimum absolute atomic E-state index is 0.158. The van der Waals surface area contributed by atoms with Crippen LogP contribution in [0.15, 0.2) is 42.5 Å². The maximum Gasteiger partial charge on any atom is 0.410 e. The van der Waals surface area contributed by atoms with Crippen molar-refractivity contribution in [1.29, 1.82) is 0 Å². The molecule has 2 heterocycles. The van der Waals surface area contributed by atoms with E-state index in [0.29, 0.717) is 17.4 Å². The van der Waals surface area contributed by atoms with Crippen molar-refractivity contribution in [1.82, 2.24) is 15.1 Å². The Bertz CT molecular complexity index is 1260. The summed E-state index contributed by atoms with van der Waals surface area (Å²) in [7, 11) is 1.59. The third-order valence-corrected chi connectivity index (χ3v) is 7.03. The normalized spacial score (nSPS) is 17.2. The lowest BCUT2D eigenvalue weighted by molar-refractivity contribution is -0.0785. The molecule has 2 aromatic carbocycles. The van der Waals surface area contributed by atoms with Crippen LogP contribution in [-0.4, -0.2) is 53.8 Å². The first-order chi connectivity index (χ1) is 16.7. The van der Waals surface area contributed by atoms with Gasteiger partial charge in [0, 0.05) is 41.6 Å². The minimum atomic E-state index is -0.472. The van der Waals surface area contributed by atoms with Crippen molar-refractivity contribution < 1.29 is 19.0 Å². The Labute approximate surface area is 210 Å². The molecule has 35 heavy (non-hydrogen) atoms. The van der Waals surface area contributed by atoms with Gasteiger partial charge in [-0.15, -0.1) is 10.2 Å². The van der Waals surface area contributed by atoms with Crippen LogP contribution in [0.5, 0.6) is 5.75 Å². The summed E-state index contributed by atoms with van der Waals surface area (Å²) in [6, 6.07) is 13.7. The summed E-state index contributed by atoms with van der Waals surface area (Å²) in [6.07, 6.45) is 1.79. The largest absolute Gasteiger partial charge is 0.467 e. The van der Waals surface area contributed by atoms with E-state index in [-0.39, 0.29) is 18.3 Å². The molecule has 3 aromatic rings. The average molecular weight is 496 g/mol.